The van der Waals surface area contributed by atoms with Gasteiger partial charge in [0.25, 0.3) is 0 Å². The number of aryl methyl sites for hydroxylation is 1. The molecule has 5 nitrogen and oxygen atoms in total. The van der Waals surface area contributed by atoms with Crippen LogP contribution in [0, 0.1) is 5.92 Å². The molecule has 5 heteroatoms. The molecule has 0 spiro atoms. The predicted molar refractivity (Wildman–Crippen MR) is 144 cm³/mol. The number of carbonyl (C=O) groups excluding carboxylic acids is 1. The van der Waals surface area contributed by atoms with E-state index in [0.29, 0.717) is 25.2 Å². The van der Waals surface area contributed by atoms with Gasteiger partial charge in [0, 0.05) is 18.9 Å². The molecule has 0 bridgehead atoms. The van der Waals surface area contributed by atoms with Gasteiger partial charge in [-0.05, 0) is 74.1 Å². The number of unbranched alkanes of at least 4 members (excludes halogenated alkanes) is 3. The van der Waals surface area contributed by atoms with Gasteiger partial charge in [-0.2, -0.15) is 0 Å². The first-order valence-electron chi connectivity index (χ1n) is 13.9. The molecule has 3 rings (SSSR count). The molecule has 36 heavy (non-hydrogen) atoms. The van der Waals surface area contributed by atoms with E-state index in [1.807, 2.05) is 30.3 Å². The zero-order valence-corrected chi connectivity index (χ0v) is 21.6. The van der Waals surface area contributed by atoms with Crippen LogP contribution in [0.15, 0.2) is 54.6 Å². The van der Waals surface area contributed by atoms with E-state index >= 15 is 0 Å². The molecular formula is C31H43NO4. The maximum atomic E-state index is 12.6. The Kier molecular flexibility index (Phi) is 12.4. The Balaban J connectivity index is 1.37. The highest BCUT2D eigenvalue weighted by atomic mass is 16.5. The van der Waals surface area contributed by atoms with E-state index in [2.05, 4.69) is 29.6 Å². The second-order valence-corrected chi connectivity index (χ2v) is 10.3. The molecule has 0 unspecified atom stereocenters. The highest BCUT2D eigenvalue weighted by molar-refractivity contribution is 5.76. The summed E-state index contributed by atoms with van der Waals surface area (Å²) in [6.45, 7) is 0.781. The van der Waals surface area contributed by atoms with Crippen molar-refractivity contribution < 1.29 is 19.4 Å². The number of ether oxygens (including phenoxy) is 1. The van der Waals surface area contributed by atoms with Crippen LogP contribution < -0.4 is 10.1 Å². The average molecular weight is 494 g/mol. The summed E-state index contributed by atoms with van der Waals surface area (Å²) in [5.41, 5.74) is 2.44. The summed E-state index contributed by atoms with van der Waals surface area (Å²) >= 11 is 0. The molecule has 2 aromatic carbocycles. The Morgan fingerprint density at radius 1 is 0.861 bits per heavy atom. The van der Waals surface area contributed by atoms with Crippen molar-refractivity contribution in [2.45, 2.75) is 95.9 Å². The molecule has 196 valence electrons. The second-order valence-electron chi connectivity index (χ2n) is 10.3. The van der Waals surface area contributed by atoms with Gasteiger partial charge in [-0.1, -0.05) is 74.6 Å². The first-order valence-corrected chi connectivity index (χ1v) is 13.9. The van der Waals surface area contributed by atoms with E-state index in [9.17, 15) is 9.59 Å². The van der Waals surface area contributed by atoms with Crippen molar-refractivity contribution in [2.75, 3.05) is 6.61 Å². The number of hydrogen-bond donors (Lipinski definition) is 2. The van der Waals surface area contributed by atoms with Crippen molar-refractivity contribution in [3.63, 3.8) is 0 Å². The lowest BCUT2D eigenvalue weighted by Gasteiger charge is -2.22. The fraction of sp³-hybridized carbons (Fsp3) is 0.548. The highest BCUT2D eigenvalue weighted by Crippen LogP contribution is 2.25. The Bertz CT molecular complexity index is 891. The first kappa shape index (κ1) is 27.8. The molecule has 0 aromatic heterocycles. The summed E-state index contributed by atoms with van der Waals surface area (Å²) < 4.78 is 6.00. The molecule has 0 radical (unpaired) electrons. The third-order valence-corrected chi connectivity index (χ3v) is 7.15. The predicted octanol–water partition coefficient (Wildman–Crippen LogP) is 6.73. The Labute approximate surface area is 216 Å². The summed E-state index contributed by atoms with van der Waals surface area (Å²) in [4.78, 5) is 23.7. The average Bonchev–Trinajstić information content (AvgIpc) is 2.90. The lowest BCUT2D eigenvalue weighted by molar-refractivity contribution is -0.137. The maximum absolute atomic E-state index is 12.6. The van der Waals surface area contributed by atoms with E-state index in [0.717, 1.165) is 50.0 Å². The number of carboxylic acids is 1. The molecule has 1 aliphatic rings. The Morgan fingerprint density at radius 3 is 2.31 bits per heavy atom. The summed E-state index contributed by atoms with van der Waals surface area (Å²) in [6, 6.07) is 18.3. The first-order chi connectivity index (χ1) is 17.6. The van der Waals surface area contributed by atoms with Gasteiger partial charge >= 0.3 is 5.97 Å². The standard InChI is InChI=1S/C31H43NO4/c33-30(16-10-2-1-5-11-25-12-6-3-7-13-25)32-28(19-22-31(34)35)23-26-17-20-29(21-18-26)36-24-27-14-8-4-9-15-27/h3,6-7,12-13,17-18,20-21,27-28H,1-2,4-5,8-11,14-16,19,22-24H2,(H,32,33)(H,34,35)/t28-/m0/s1. The number of carboxylic acid groups (broad SMARTS) is 1. The van der Waals surface area contributed by atoms with Crippen LogP contribution in [0.1, 0.15) is 88.2 Å². The summed E-state index contributed by atoms with van der Waals surface area (Å²) in [5, 5.41) is 12.2. The lowest BCUT2D eigenvalue weighted by atomic mass is 9.90. The number of carbonyl (C=O) groups is 2. The van der Waals surface area contributed by atoms with Crippen LogP contribution >= 0.6 is 0 Å². The fourth-order valence-corrected chi connectivity index (χ4v) is 5.01. The largest absolute Gasteiger partial charge is 0.493 e. The van der Waals surface area contributed by atoms with E-state index < -0.39 is 5.97 Å². The van der Waals surface area contributed by atoms with Gasteiger partial charge in [-0.25, -0.2) is 0 Å². The minimum Gasteiger partial charge on any atom is -0.493 e. The molecular weight excluding hydrogens is 450 g/mol. The third kappa shape index (κ3) is 11.3. The number of hydrogen-bond acceptors (Lipinski definition) is 3. The molecule has 1 saturated carbocycles. The van der Waals surface area contributed by atoms with Gasteiger partial charge in [0.15, 0.2) is 0 Å². The molecule has 1 fully saturated rings. The minimum absolute atomic E-state index is 0.0147. The van der Waals surface area contributed by atoms with Crippen molar-refractivity contribution in [1.29, 1.82) is 0 Å². The SMILES string of the molecule is O=C(O)CC[C@@H](Cc1ccc(OCC2CCCCC2)cc1)NC(=O)CCCCCCc1ccccc1. The number of rotatable bonds is 16. The smallest absolute Gasteiger partial charge is 0.303 e. The van der Waals surface area contributed by atoms with E-state index in [-0.39, 0.29) is 18.4 Å². The molecule has 1 amide bonds. The minimum atomic E-state index is -0.834. The Hall–Kier alpha value is -2.82. The van der Waals surface area contributed by atoms with Gasteiger partial charge in [0.1, 0.15) is 5.75 Å². The van der Waals surface area contributed by atoms with Crippen molar-refractivity contribution in [2.24, 2.45) is 5.92 Å². The number of aliphatic carboxylic acids is 1. The van der Waals surface area contributed by atoms with Crippen LogP contribution in [-0.2, 0) is 22.4 Å². The van der Waals surface area contributed by atoms with Crippen LogP contribution in [-0.4, -0.2) is 29.6 Å². The van der Waals surface area contributed by atoms with Crippen molar-refractivity contribution >= 4 is 11.9 Å². The van der Waals surface area contributed by atoms with Crippen LogP contribution in [0.3, 0.4) is 0 Å². The van der Waals surface area contributed by atoms with Crippen molar-refractivity contribution in [3.8, 4) is 5.75 Å². The van der Waals surface area contributed by atoms with E-state index in [1.165, 1.54) is 37.7 Å². The number of benzene rings is 2. The van der Waals surface area contributed by atoms with Crippen LogP contribution in [0.2, 0.25) is 0 Å². The monoisotopic (exact) mass is 493 g/mol. The zero-order valence-electron chi connectivity index (χ0n) is 21.6. The maximum Gasteiger partial charge on any atom is 0.303 e. The molecule has 1 aliphatic carbocycles. The van der Waals surface area contributed by atoms with E-state index in [4.69, 9.17) is 9.84 Å². The molecule has 1 atom stereocenters. The van der Waals surface area contributed by atoms with E-state index in [1.54, 1.807) is 0 Å². The summed E-state index contributed by atoms with van der Waals surface area (Å²) in [7, 11) is 0. The lowest BCUT2D eigenvalue weighted by Crippen LogP contribution is -2.36. The van der Waals surface area contributed by atoms with Crippen molar-refractivity contribution in [1.82, 2.24) is 5.32 Å². The van der Waals surface area contributed by atoms with Crippen LogP contribution in [0.4, 0.5) is 0 Å². The molecule has 0 aliphatic heterocycles. The molecule has 2 N–H and O–H groups in total. The fourth-order valence-electron chi connectivity index (χ4n) is 5.01. The summed E-state index contributed by atoms with van der Waals surface area (Å²) in [6.07, 6.45) is 13.3. The van der Waals surface area contributed by atoms with Gasteiger partial charge < -0.3 is 15.2 Å². The topological polar surface area (TPSA) is 75.6 Å². The number of amides is 1. The summed E-state index contributed by atoms with van der Waals surface area (Å²) in [5.74, 6) is 0.723. The molecule has 2 aromatic rings. The van der Waals surface area contributed by atoms with Gasteiger partial charge in [-0.15, -0.1) is 0 Å². The Morgan fingerprint density at radius 2 is 1.58 bits per heavy atom. The normalized spacial score (nSPS) is 14.8. The zero-order chi connectivity index (χ0) is 25.4. The van der Waals surface area contributed by atoms with Gasteiger partial charge in [0.05, 0.1) is 6.61 Å². The second kappa shape index (κ2) is 16.0. The van der Waals surface area contributed by atoms with Crippen LogP contribution in [0.5, 0.6) is 5.75 Å². The number of nitrogens with one attached hydrogen (secondary N) is 1. The molecule has 0 heterocycles. The van der Waals surface area contributed by atoms with Gasteiger partial charge in [-0.3, -0.25) is 9.59 Å². The van der Waals surface area contributed by atoms with Gasteiger partial charge in [0.2, 0.25) is 5.91 Å². The quantitative estimate of drug-likeness (QED) is 0.254. The molecule has 0 saturated heterocycles. The van der Waals surface area contributed by atoms with Crippen LogP contribution in [0.25, 0.3) is 0 Å². The van der Waals surface area contributed by atoms with Crippen molar-refractivity contribution in [3.05, 3.63) is 65.7 Å². The third-order valence-electron chi connectivity index (χ3n) is 7.15. The highest BCUT2D eigenvalue weighted by Gasteiger charge is 2.16.